The number of fused-ring (bicyclic) bond motifs is 1. The Hall–Kier alpha value is -1.34. The Morgan fingerprint density at radius 3 is 2.81 bits per heavy atom. The Morgan fingerprint density at radius 1 is 1.29 bits per heavy atom. The molecule has 3 aromatic rings. The molecule has 1 N–H and O–H groups in total. The molecule has 3 heterocycles. The van der Waals surface area contributed by atoms with Crippen LogP contribution in [0.2, 0.25) is 0 Å². The lowest BCUT2D eigenvalue weighted by Crippen LogP contribution is -2.04. The number of aromatic nitrogens is 2. The van der Waals surface area contributed by atoms with Crippen LogP contribution in [0.1, 0.15) is 11.1 Å². The highest BCUT2D eigenvalue weighted by atomic mass is 127. The lowest BCUT2D eigenvalue weighted by molar-refractivity contribution is 0.883. The van der Waals surface area contributed by atoms with Crippen LogP contribution in [-0.4, -0.2) is 16.3 Å². The van der Waals surface area contributed by atoms with Crippen LogP contribution in [-0.2, 0) is 6.42 Å². The fourth-order valence-corrected chi connectivity index (χ4v) is 3.97. The van der Waals surface area contributed by atoms with Crippen LogP contribution >= 0.6 is 33.9 Å². The van der Waals surface area contributed by atoms with Gasteiger partial charge in [0.25, 0.3) is 0 Å². The normalized spacial score (nSPS) is 13.2. The number of nitrogens with zero attached hydrogens (tertiary/aromatic N) is 2. The van der Waals surface area contributed by atoms with Crippen LogP contribution < -0.4 is 5.32 Å². The summed E-state index contributed by atoms with van der Waals surface area (Å²) in [5.41, 5.74) is 4.89. The number of rotatable bonds is 2. The van der Waals surface area contributed by atoms with Crippen molar-refractivity contribution in [1.82, 2.24) is 9.78 Å². The highest BCUT2D eigenvalue weighted by Crippen LogP contribution is 2.37. The van der Waals surface area contributed by atoms with E-state index < -0.39 is 0 Å². The zero-order valence-corrected chi connectivity index (χ0v) is 14.5. The summed E-state index contributed by atoms with van der Waals surface area (Å²) in [6.07, 6.45) is 1.05. The van der Waals surface area contributed by atoms with E-state index in [1.807, 2.05) is 4.68 Å². The number of hydrogen-bond donors (Lipinski definition) is 1. The van der Waals surface area contributed by atoms with Crippen molar-refractivity contribution in [2.45, 2.75) is 13.3 Å². The second-order valence-electron chi connectivity index (χ2n) is 5.23. The van der Waals surface area contributed by atoms with Crippen molar-refractivity contribution in [2.75, 3.05) is 11.9 Å². The van der Waals surface area contributed by atoms with Crippen LogP contribution in [0.5, 0.6) is 0 Å². The van der Waals surface area contributed by atoms with Crippen molar-refractivity contribution in [3.63, 3.8) is 0 Å². The molecule has 21 heavy (non-hydrogen) atoms. The van der Waals surface area contributed by atoms with Gasteiger partial charge in [0.15, 0.2) is 0 Å². The number of benzene rings is 1. The third-order valence-corrected chi connectivity index (χ3v) is 5.46. The second kappa shape index (κ2) is 5.14. The zero-order valence-electron chi connectivity index (χ0n) is 11.6. The van der Waals surface area contributed by atoms with Gasteiger partial charge in [-0.3, -0.25) is 0 Å². The minimum Gasteiger partial charge on any atom is -0.369 e. The molecule has 1 aromatic carbocycles. The third kappa shape index (κ3) is 2.28. The van der Waals surface area contributed by atoms with E-state index in [4.69, 9.17) is 5.10 Å². The average molecular weight is 407 g/mol. The maximum atomic E-state index is 4.88. The molecule has 0 saturated carbocycles. The van der Waals surface area contributed by atoms with Crippen LogP contribution in [0.4, 0.5) is 5.82 Å². The lowest BCUT2D eigenvalue weighted by atomic mass is 10.1. The summed E-state index contributed by atoms with van der Waals surface area (Å²) in [4.78, 5) is 1.26. The standard InChI is InChI=1S/C16H14IN3S/c1-10-8-14(21-9-10)15-13-6-7-18-16(13)20(19-15)12-4-2-11(17)3-5-12/h2-5,8-9,18H,6-7H2,1H3. The number of hydrogen-bond acceptors (Lipinski definition) is 3. The number of thiophene rings is 1. The quantitative estimate of drug-likeness (QED) is 0.635. The van der Waals surface area contributed by atoms with Crippen LogP contribution in [0, 0.1) is 10.5 Å². The fourth-order valence-electron chi connectivity index (χ4n) is 2.70. The van der Waals surface area contributed by atoms with Gasteiger partial charge >= 0.3 is 0 Å². The predicted molar refractivity (Wildman–Crippen MR) is 96.5 cm³/mol. The van der Waals surface area contributed by atoms with E-state index in [2.05, 4.69) is 70.5 Å². The Balaban J connectivity index is 1.88. The average Bonchev–Trinajstić information content (AvgIpc) is 3.15. The van der Waals surface area contributed by atoms with E-state index >= 15 is 0 Å². The smallest absolute Gasteiger partial charge is 0.133 e. The molecule has 0 atom stereocenters. The van der Waals surface area contributed by atoms with Gasteiger partial charge in [-0.05, 0) is 77.2 Å². The molecule has 0 aliphatic carbocycles. The first-order chi connectivity index (χ1) is 10.2. The minimum absolute atomic E-state index is 0.995. The van der Waals surface area contributed by atoms with Crippen molar-refractivity contribution >= 4 is 39.7 Å². The first-order valence-electron chi connectivity index (χ1n) is 6.89. The van der Waals surface area contributed by atoms with Gasteiger partial charge in [-0.1, -0.05) is 0 Å². The molecule has 2 aromatic heterocycles. The number of nitrogens with one attached hydrogen (secondary N) is 1. The Labute approximate surface area is 141 Å². The summed E-state index contributed by atoms with van der Waals surface area (Å²) in [5, 5.41) is 10.5. The van der Waals surface area contributed by atoms with Crippen LogP contribution in [0.3, 0.4) is 0 Å². The van der Waals surface area contributed by atoms with Gasteiger partial charge in [0, 0.05) is 15.7 Å². The number of anilines is 1. The molecule has 0 bridgehead atoms. The SMILES string of the molecule is Cc1csc(-c2nn(-c3ccc(I)cc3)c3c2CCN3)c1. The molecule has 106 valence electrons. The minimum atomic E-state index is 0.995. The summed E-state index contributed by atoms with van der Waals surface area (Å²) in [6, 6.07) is 10.7. The first kappa shape index (κ1) is 13.3. The molecule has 0 unspecified atom stereocenters. The topological polar surface area (TPSA) is 29.9 Å². The maximum Gasteiger partial charge on any atom is 0.133 e. The van der Waals surface area contributed by atoms with E-state index in [9.17, 15) is 0 Å². The largest absolute Gasteiger partial charge is 0.369 e. The van der Waals surface area contributed by atoms with Crippen molar-refractivity contribution in [2.24, 2.45) is 0 Å². The van der Waals surface area contributed by atoms with Crippen molar-refractivity contribution in [3.8, 4) is 16.3 Å². The molecule has 1 aliphatic rings. The lowest BCUT2D eigenvalue weighted by Gasteiger charge is -2.06. The van der Waals surface area contributed by atoms with Gasteiger partial charge in [-0.15, -0.1) is 11.3 Å². The van der Waals surface area contributed by atoms with Crippen molar-refractivity contribution in [3.05, 3.63) is 50.4 Å². The molecule has 1 aliphatic heterocycles. The van der Waals surface area contributed by atoms with Gasteiger partial charge in [-0.2, -0.15) is 5.10 Å². The highest BCUT2D eigenvalue weighted by Gasteiger charge is 2.24. The molecule has 0 saturated heterocycles. The molecule has 0 fully saturated rings. The fraction of sp³-hybridized carbons (Fsp3) is 0.188. The molecular weight excluding hydrogens is 393 g/mol. The summed E-state index contributed by atoms with van der Waals surface area (Å²) in [7, 11) is 0. The summed E-state index contributed by atoms with van der Waals surface area (Å²) in [5.74, 6) is 1.15. The molecule has 3 nitrogen and oxygen atoms in total. The van der Waals surface area contributed by atoms with E-state index in [0.717, 1.165) is 30.2 Å². The molecule has 0 amide bonds. The summed E-state index contributed by atoms with van der Waals surface area (Å²) in [6.45, 7) is 3.13. The van der Waals surface area contributed by atoms with Gasteiger partial charge in [0.1, 0.15) is 11.5 Å². The monoisotopic (exact) mass is 407 g/mol. The van der Waals surface area contributed by atoms with E-state index in [1.165, 1.54) is 19.6 Å². The van der Waals surface area contributed by atoms with Crippen molar-refractivity contribution < 1.29 is 0 Å². The number of halogens is 1. The van der Waals surface area contributed by atoms with Gasteiger partial charge in [0.05, 0.1) is 10.6 Å². The van der Waals surface area contributed by atoms with Crippen molar-refractivity contribution in [1.29, 1.82) is 0 Å². The van der Waals surface area contributed by atoms with Gasteiger partial charge in [0.2, 0.25) is 0 Å². The van der Waals surface area contributed by atoms with Crippen LogP contribution in [0.15, 0.2) is 35.7 Å². The highest BCUT2D eigenvalue weighted by molar-refractivity contribution is 14.1. The van der Waals surface area contributed by atoms with Crippen LogP contribution in [0.25, 0.3) is 16.3 Å². The van der Waals surface area contributed by atoms with Gasteiger partial charge in [-0.25, -0.2) is 4.68 Å². The van der Waals surface area contributed by atoms with E-state index in [1.54, 1.807) is 11.3 Å². The van der Waals surface area contributed by atoms with Gasteiger partial charge < -0.3 is 5.32 Å². The second-order valence-corrected chi connectivity index (χ2v) is 7.39. The molecular formula is C16H14IN3S. The molecule has 4 rings (SSSR count). The summed E-state index contributed by atoms with van der Waals surface area (Å²) < 4.78 is 3.28. The first-order valence-corrected chi connectivity index (χ1v) is 8.85. The maximum absolute atomic E-state index is 4.88. The summed E-state index contributed by atoms with van der Waals surface area (Å²) >= 11 is 4.10. The van der Waals surface area contributed by atoms with E-state index in [-0.39, 0.29) is 0 Å². The Morgan fingerprint density at radius 2 is 2.10 bits per heavy atom. The number of aryl methyl sites for hydroxylation is 1. The molecule has 0 radical (unpaired) electrons. The predicted octanol–water partition coefficient (Wildman–Crippen LogP) is 4.48. The Bertz CT molecular complexity index is 802. The zero-order chi connectivity index (χ0) is 14.4. The molecule has 0 spiro atoms. The third-order valence-electron chi connectivity index (χ3n) is 3.69. The molecule has 5 heteroatoms. The Kier molecular flexibility index (Phi) is 3.26. The van der Waals surface area contributed by atoms with E-state index in [0.29, 0.717) is 0 Å².